The van der Waals surface area contributed by atoms with Crippen molar-refractivity contribution in [1.82, 2.24) is 9.58 Å². The van der Waals surface area contributed by atoms with E-state index < -0.39 is 0 Å². The summed E-state index contributed by atoms with van der Waals surface area (Å²) < 4.78 is 16.9. The lowest BCUT2D eigenvalue weighted by atomic mass is 9.98. The summed E-state index contributed by atoms with van der Waals surface area (Å²) in [6, 6.07) is 31.1. The molecule has 0 fully saturated rings. The third-order valence-corrected chi connectivity index (χ3v) is 8.71. The molecule has 1 aliphatic rings. The SMILES string of the molecule is Cc1ccc(C2CC(c3ccc(Br)cc3)=NN2C(=O)CSc2cn(Cc3cccc(F)c3)c3ccccc23)cc1. The minimum atomic E-state index is -0.244. The number of benzene rings is 4. The molecule has 2 heterocycles. The van der Waals surface area contributed by atoms with Crippen LogP contribution in [0.25, 0.3) is 10.9 Å². The van der Waals surface area contributed by atoms with Crippen molar-refractivity contribution in [2.75, 3.05) is 5.75 Å². The number of para-hydroxylation sites is 1. The van der Waals surface area contributed by atoms with Gasteiger partial charge >= 0.3 is 0 Å². The topological polar surface area (TPSA) is 37.6 Å². The van der Waals surface area contributed by atoms with Gasteiger partial charge in [0.2, 0.25) is 0 Å². The van der Waals surface area contributed by atoms with Gasteiger partial charge < -0.3 is 4.57 Å². The van der Waals surface area contributed by atoms with Crippen molar-refractivity contribution in [3.05, 3.63) is 136 Å². The number of carbonyl (C=O) groups excluding carboxylic acids is 1. The van der Waals surface area contributed by atoms with E-state index in [1.165, 1.54) is 23.4 Å². The van der Waals surface area contributed by atoms with E-state index in [-0.39, 0.29) is 23.5 Å². The molecular weight excluding hydrogens is 585 g/mol. The average molecular weight is 613 g/mol. The summed E-state index contributed by atoms with van der Waals surface area (Å²) in [5.41, 5.74) is 6.12. The zero-order chi connectivity index (χ0) is 27.6. The number of halogens is 2. The molecule has 0 N–H and O–H groups in total. The van der Waals surface area contributed by atoms with Gasteiger partial charge in [0.05, 0.1) is 17.5 Å². The van der Waals surface area contributed by atoms with Gasteiger partial charge in [0.1, 0.15) is 5.82 Å². The molecule has 6 rings (SSSR count). The summed E-state index contributed by atoms with van der Waals surface area (Å²) >= 11 is 5.02. The van der Waals surface area contributed by atoms with Crippen molar-refractivity contribution < 1.29 is 9.18 Å². The first-order valence-corrected chi connectivity index (χ1v) is 14.9. The second kappa shape index (κ2) is 11.4. The molecular formula is C33H27BrFN3OS. The Morgan fingerprint density at radius 3 is 2.55 bits per heavy atom. The van der Waals surface area contributed by atoms with Crippen molar-refractivity contribution in [3.8, 4) is 0 Å². The van der Waals surface area contributed by atoms with Crippen LogP contribution in [-0.2, 0) is 11.3 Å². The molecule has 1 amide bonds. The molecule has 1 aliphatic heterocycles. The van der Waals surface area contributed by atoms with Crippen LogP contribution < -0.4 is 0 Å². The summed E-state index contributed by atoms with van der Waals surface area (Å²) in [4.78, 5) is 14.7. The zero-order valence-corrected chi connectivity index (χ0v) is 24.3. The van der Waals surface area contributed by atoms with Crippen LogP contribution in [0.15, 0.2) is 118 Å². The van der Waals surface area contributed by atoms with E-state index in [9.17, 15) is 9.18 Å². The fourth-order valence-corrected chi connectivity index (χ4v) is 6.31. The minimum Gasteiger partial charge on any atom is -0.342 e. The highest BCUT2D eigenvalue weighted by Gasteiger charge is 2.33. The summed E-state index contributed by atoms with van der Waals surface area (Å²) in [6.45, 7) is 2.61. The fourth-order valence-electron chi connectivity index (χ4n) is 5.10. The third kappa shape index (κ3) is 5.62. The molecule has 0 saturated heterocycles. The number of carbonyl (C=O) groups is 1. The number of amides is 1. The van der Waals surface area contributed by atoms with Gasteiger partial charge in [0, 0.05) is 39.4 Å². The van der Waals surface area contributed by atoms with Crippen molar-refractivity contribution in [1.29, 1.82) is 0 Å². The van der Waals surface area contributed by atoms with E-state index in [0.717, 1.165) is 42.7 Å². The van der Waals surface area contributed by atoms with Crippen LogP contribution >= 0.6 is 27.7 Å². The maximum Gasteiger partial charge on any atom is 0.253 e. The number of fused-ring (bicyclic) bond motifs is 1. The molecule has 0 spiro atoms. The van der Waals surface area contributed by atoms with Crippen LogP contribution in [0.4, 0.5) is 4.39 Å². The summed E-state index contributed by atoms with van der Waals surface area (Å²) in [6.07, 6.45) is 2.72. The Balaban J connectivity index is 1.26. The highest BCUT2D eigenvalue weighted by molar-refractivity contribution is 9.10. The van der Waals surface area contributed by atoms with Crippen LogP contribution in [-0.4, -0.2) is 26.9 Å². The Labute approximate surface area is 245 Å². The largest absolute Gasteiger partial charge is 0.342 e. The Hall–Kier alpha value is -3.68. The number of aryl methyl sites for hydroxylation is 1. The van der Waals surface area contributed by atoms with Gasteiger partial charge in [-0.2, -0.15) is 5.10 Å². The van der Waals surface area contributed by atoms with Gasteiger partial charge in [-0.3, -0.25) is 4.79 Å². The first kappa shape index (κ1) is 26.5. The predicted molar refractivity (Wildman–Crippen MR) is 164 cm³/mol. The second-order valence-corrected chi connectivity index (χ2v) is 11.9. The predicted octanol–water partition coefficient (Wildman–Crippen LogP) is 8.37. The second-order valence-electron chi connectivity index (χ2n) is 9.98. The molecule has 5 aromatic rings. The highest BCUT2D eigenvalue weighted by atomic mass is 79.9. The third-order valence-electron chi connectivity index (χ3n) is 7.15. The average Bonchev–Trinajstić information content (AvgIpc) is 3.55. The van der Waals surface area contributed by atoms with Crippen molar-refractivity contribution in [2.45, 2.75) is 30.8 Å². The lowest BCUT2D eigenvalue weighted by molar-refractivity contribution is -0.130. The number of nitrogens with zero attached hydrogens (tertiary/aromatic N) is 3. The molecule has 0 bridgehead atoms. The highest BCUT2D eigenvalue weighted by Crippen LogP contribution is 2.36. The maximum atomic E-state index is 13.8. The normalized spacial score (nSPS) is 15.0. The van der Waals surface area contributed by atoms with Crippen LogP contribution in [0.1, 0.15) is 34.7 Å². The monoisotopic (exact) mass is 611 g/mol. The van der Waals surface area contributed by atoms with Gasteiger partial charge in [-0.15, -0.1) is 11.8 Å². The molecule has 4 aromatic carbocycles. The van der Waals surface area contributed by atoms with Crippen molar-refractivity contribution in [2.24, 2.45) is 5.10 Å². The molecule has 200 valence electrons. The molecule has 40 heavy (non-hydrogen) atoms. The fraction of sp³-hybridized carbons (Fsp3) is 0.152. The molecule has 0 saturated carbocycles. The van der Waals surface area contributed by atoms with E-state index in [1.807, 2.05) is 42.5 Å². The minimum absolute atomic E-state index is 0.0374. The lowest BCUT2D eigenvalue weighted by Gasteiger charge is -2.22. The van der Waals surface area contributed by atoms with Crippen LogP contribution in [0.2, 0.25) is 0 Å². The summed E-state index contributed by atoms with van der Waals surface area (Å²) in [5, 5.41) is 7.59. The van der Waals surface area contributed by atoms with E-state index in [1.54, 1.807) is 17.1 Å². The number of hydrogen-bond donors (Lipinski definition) is 0. The molecule has 0 aliphatic carbocycles. The molecule has 4 nitrogen and oxygen atoms in total. The molecule has 1 atom stereocenters. The molecule has 1 aromatic heterocycles. The molecule has 1 unspecified atom stereocenters. The van der Waals surface area contributed by atoms with Gasteiger partial charge in [-0.25, -0.2) is 9.40 Å². The van der Waals surface area contributed by atoms with Gasteiger partial charge in [-0.05, 0) is 53.9 Å². The number of thioether (sulfide) groups is 1. The smallest absolute Gasteiger partial charge is 0.253 e. The van der Waals surface area contributed by atoms with E-state index >= 15 is 0 Å². The first-order valence-electron chi connectivity index (χ1n) is 13.1. The van der Waals surface area contributed by atoms with E-state index in [2.05, 4.69) is 70.0 Å². The molecule has 0 radical (unpaired) electrons. The Bertz CT molecular complexity index is 1710. The lowest BCUT2D eigenvalue weighted by Crippen LogP contribution is -2.28. The van der Waals surface area contributed by atoms with Crippen molar-refractivity contribution in [3.63, 3.8) is 0 Å². The van der Waals surface area contributed by atoms with E-state index in [4.69, 9.17) is 5.10 Å². The molecule has 7 heteroatoms. The zero-order valence-electron chi connectivity index (χ0n) is 21.9. The summed E-state index contributed by atoms with van der Waals surface area (Å²) in [7, 11) is 0. The Morgan fingerprint density at radius 2 is 1.77 bits per heavy atom. The Morgan fingerprint density at radius 1 is 1.00 bits per heavy atom. The quantitative estimate of drug-likeness (QED) is 0.173. The van der Waals surface area contributed by atoms with Gasteiger partial charge in [-0.1, -0.05) is 88.2 Å². The maximum absolute atomic E-state index is 13.8. The van der Waals surface area contributed by atoms with Gasteiger partial charge in [0.25, 0.3) is 5.91 Å². The number of aromatic nitrogens is 1. The first-order chi connectivity index (χ1) is 19.4. The number of hydrazone groups is 1. The summed E-state index contributed by atoms with van der Waals surface area (Å²) in [5.74, 6) is -0.0244. The van der Waals surface area contributed by atoms with Crippen LogP contribution in [0, 0.1) is 12.7 Å². The van der Waals surface area contributed by atoms with Crippen LogP contribution in [0.3, 0.4) is 0 Å². The van der Waals surface area contributed by atoms with E-state index in [0.29, 0.717) is 13.0 Å². The number of hydrogen-bond acceptors (Lipinski definition) is 3. The standard InChI is InChI=1S/C33H27BrFN3OS/c1-22-9-11-25(12-10-22)31-18-29(24-13-15-26(34)16-14-24)36-38(31)33(39)21-40-32-20-37(30-8-3-2-7-28(30)32)19-23-5-4-6-27(35)17-23/h2-17,20,31H,18-19,21H2,1H3. The number of rotatable bonds is 7. The van der Waals surface area contributed by atoms with Crippen molar-refractivity contribution >= 4 is 50.2 Å². The van der Waals surface area contributed by atoms with Gasteiger partial charge in [0.15, 0.2) is 0 Å². The van der Waals surface area contributed by atoms with Crippen LogP contribution in [0.5, 0.6) is 0 Å². The Kier molecular flexibility index (Phi) is 7.59.